The Hall–Kier alpha value is -0.490. The number of thiazole rings is 1. The van der Waals surface area contributed by atoms with Crippen LogP contribution in [-0.2, 0) is 4.74 Å². The van der Waals surface area contributed by atoms with Crippen LogP contribution in [0.15, 0.2) is 0 Å². The van der Waals surface area contributed by atoms with Gasteiger partial charge in [0.2, 0.25) is 0 Å². The summed E-state index contributed by atoms with van der Waals surface area (Å²) in [6.07, 6.45) is 0.318. The minimum Gasteiger partial charge on any atom is -0.391 e. The third-order valence-corrected chi connectivity index (χ3v) is 3.88. The van der Waals surface area contributed by atoms with Crippen molar-refractivity contribution in [3.05, 3.63) is 15.6 Å². The topological polar surface area (TPSA) is 54.4 Å². The van der Waals surface area contributed by atoms with Crippen molar-refractivity contribution in [2.45, 2.75) is 39.3 Å². The van der Waals surface area contributed by atoms with Crippen LogP contribution in [0.25, 0.3) is 0 Å². The maximum Gasteiger partial charge on any atom is 0.0900 e. The second-order valence-electron chi connectivity index (χ2n) is 4.26. The van der Waals surface area contributed by atoms with E-state index in [0.717, 1.165) is 17.2 Å². The lowest BCUT2D eigenvalue weighted by molar-refractivity contribution is 0.0591. The molecule has 1 heterocycles. The number of nitrogens with zero attached hydrogens (tertiary/aromatic N) is 1. The molecule has 2 atom stereocenters. The van der Waals surface area contributed by atoms with E-state index in [1.54, 1.807) is 18.4 Å². The molecule has 0 aliphatic heterocycles. The molecule has 1 aromatic rings. The SMILES string of the molecule is COCC(O)CCNC(C)c1sc(C)nc1C. The lowest BCUT2D eigenvalue weighted by Gasteiger charge is -2.14. The van der Waals surface area contributed by atoms with Crippen molar-refractivity contribution < 1.29 is 9.84 Å². The summed E-state index contributed by atoms with van der Waals surface area (Å²) in [5, 5.41) is 14.0. The van der Waals surface area contributed by atoms with Gasteiger partial charge in [0.05, 0.1) is 23.4 Å². The number of nitrogens with one attached hydrogen (secondary N) is 1. The van der Waals surface area contributed by atoms with Gasteiger partial charge in [-0.15, -0.1) is 11.3 Å². The molecule has 1 rings (SSSR count). The highest BCUT2D eigenvalue weighted by atomic mass is 32.1. The monoisotopic (exact) mass is 258 g/mol. The number of ether oxygens (including phenoxy) is 1. The third-order valence-electron chi connectivity index (χ3n) is 2.62. The average Bonchev–Trinajstić information content (AvgIpc) is 2.58. The normalized spacial score (nSPS) is 14.9. The maximum absolute atomic E-state index is 9.52. The highest BCUT2D eigenvalue weighted by Gasteiger charge is 2.12. The quantitative estimate of drug-likeness (QED) is 0.783. The number of hydrogen-bond acceptors (Lipinski definition) is 5. The summed E-state index contributed by atoms with van der Waals surface area (Å²) in [6.45, 7) is 7.37. The Balaban J connectivity index is 2.35. The van der Waals surface area contributed by atoms with Crippen molar-refractivity contribution >= 4 is 11.3 Å². The Morgan fingerprint density at radius 2 is 2.18 bits per heavy atom. The van der Waals surface area contributed by atoms with Gasteiger partial charge < -0.3 is 15.2 Å². The van der Waals surface area contributed by atoms with E-state index < -0.39 is 0 Å². The van der Waals surface area contributed by atoms with Crippen LogP contribution in [0.4, 0.5) is 0 Å². The van der Waals surface area contributed by atoms with E-state index >= 15 is 0 Å². The highest BCUT2D eigenvalue weighted by Crippen LogP contribution is 2.24. The molecule has 0 bridgehead atoms. The van der Waals surface area contributed by atoms with Crippen LogP contribution in [-0.4, -0.2) is 36.5 Å². The molecule has 1 aromatic heterocycles. The van der Waals surface area contributed by atoms with Crippen LogP contribution < -0.4 is 5.32 Å². The second-order valence-corrected chi connectivity index (χ2v) is 5.49. The molecule has 2 N–H and O–H groups in total. The zero-order valence-electron chi connectivity index (χ0n) is 11.0. The summed E-state index contributed by atoms with van der Waals surface area (Å²) in [6, 6.07) is 0.288. The lowest BCUT2D eigenvalue weighted by Crippen LogP contribution is -2.25. The number of aliphatic hydroxyl groups excluding tert-OH is 1. The number of aliphatic hydroxyl groups is 1. The van der Waals surface area contributed by atoms with Gasteiger partial charge in [-0.3, -0.25) is 0 Å². The molecular weight excluding hydrogens is 236 g/mol. The predicted molar refractivity (Wildman–Crippen MR) is 70.5 cm³/mol. The van der Waals surface area contributed by atoms with Crippen molar-refractivity contribution in [2.24, 2.45) is 0 Å². The van der Waals surface area contributed by atoms with Gasteiger partial charge in [-0.2, -0.15) is 0 Å². The summed E-state index contributed by atoms with van der Waals surface area (Å²) in [5.74, 6) is 0. The fraction of sp³-hybridized carbons (Fsp3) is 0.750. The molecular formula is C12H22N2O2S. The van der Waals surface area contributed by atoms with E-state index in [4.69, 9.17) is 4.74 Å². The largest absolute Gasteiger partial charge is 0.391 e. The van der Waals surface area contributed by atoms with Gasteiger partial charge in [0.15, 0.2) is 0 Å². The van der Waals surface area contributed by atoms with Crippen LogP contribution in [0.2, 0.25) is 0 Å². The predicted octanol–water partition coefficient (Wildman–Crippen LogP) is 1.81. The van der Waals surface area contributed by atoms with E-state index in [2.05, 4.69) is 17.2 Å². The molecule has 0 amide bonds. The molecule has 98 valence electrons. The molecule has 5 heteroatoms. The Labute approximate surface area is 107 Å². The van der Waals surface area contributed by atoms with Crippen molar-refractivity contribution in [2.75, 3.05) is 20.3 Å². The first-order valence-corrected chi connectivity index (χ1v) is 6.70. The smallest absolute Gasteiger partial charge is 0.0900 e. The zero-order chi connectivity index (χ0) is 12.8. The van der Waals surface area contributed by atoms with Crippen LogP contribution in [0, 0.1) is 13.8 Å². The van der Waals surface area contributed by atoms with Crippen LogP contribution >= 0.6 is 11.3 Å². The van der Waals surface area contributed by atoms with Crippen molar-refractivity contribution in [1.82, 2.24) is 10.3 Å². The average molecular weight is 258 g/mol. The molecule has 0 saturated carbocycles. The summed E-state index contributed by atoms with van der Waals surface area (Å²) in [5.41, 5.74) is 1.10. The Morgan fingerprint density at radius 3 is 2.71 bits per heavy atom. The van der Waals surface area contributed by atoms with Crippen LogP contribution in [0.5, 0.6) is 0 Å². The maximum atomic E-state index is 9.52. The van der Waals surface area contributed by atoms with Gasteiger partial charge in [0.1, 0.15) is 0 Å². The van der Waals surface area contributed by atoms with E-state index in [1.807, 2.05) is 13.8 Å². The summed E-state index contributed by atoms with van der Waals surface area (Å²) >= 11 is 1.73. The third kappa shape index (κ3) is 4.71. The number of aromatic nitrogens is 1. The lowest BCUT2D eigenvalue weighted by atomic mass is 10.2. The van der Waals surface area contributed by atoms with Crippen LogP contribution in [0.1, 0.15) is 35.0 Å². The molecule has 0 radical (unpaired) electrons. The molecule has 2 unspecified atom stereocenters. The van der Waals surface area contributed by atoms with Gasteiger partial charge >= 0.3 is 0 Å². The van der Waals surface area contributed by atoms with Gasteiger partial charge in [-0.1, -0.05) is 0 Å². The Bertz CT molecular complexity index is 341. The van der Waals surface area contributed by atoms with Crippen molar-refractivity contribution in [3.8, 4) is 0 Å². The molecule has 17 heavy (non-hydrogen) atoms. The second kappa shape index (κ2) is 7.06. The minimum absolute atomic E-state index is 0.288. The highest BCUT2D eigenvalue weighted by molar-refractivity contribution is 7.11. The standard InChI is InChI=1S/C12H22N2O2S/c1-8(12-9(2)14-10(3)17-12)13-6-5-11(15)7-16-4/h8,11,13,15H,5-7H2,1-4H3. The van der Waals surface area contributed by atoms with Crippen molar-refractivity contribution in [1.29, 1.82) is 0 Å². The minimum atomic E-state index is -0.385. The first kappa shape index (κ1) is 14.6. The van der Waals surface area contributed by atoms with Crippen molar-refractivity contribution in [3.63, 3.8) is 0 Å². The number of methoxy groups -OCH3 is 1. The number of hydrogen-bond donors (Lipinski definition) is 2. The summed E-state index contributed by atoms with van der Waals surface area (Å²) < 4.78 is 4.88. The molecule has 0 saturated heterocycles. The van der Waals surface area contributed by atoms with E-state index in [0.29, 0.717) is 13.0 Å². The summed E-state index contributed by atoms with van der Waals surface area (Å²) in [4.78, 5) is 5.70. The molecule has 0 aliphatic rings. The molecule has 0 fully saturated rings. The van der Waals surface area contributed by atoms with Gasteiger partial charge in [-0.25, -0.2) is 4.98 Å². The molecule has 0 aliphatic carbocycles. The fourth-order valence-corrected chi connectivity index (χ4v) is 2.74. The fourth-order valence-electron chi connectivity index (χ4n) is 1.78. The van der Waals surface area contributed by atoms with Crippen LogP contribution in [0.3, 0.4) is 0 Å². The van der Waals surface area contributed by atoms with E-state index in [9.17, 15) is 5.11 Å². The number of aryl methyl sites for hydroxylation is 2. The van der Waals surface area contributed by atoms with E-state index in [-0.39, 0.29) is 12.1 Å². The first-order chi connectivity index (χ1) is 8.04. The molecule has 0 spiro atoms. The van der Waals surface area contributed by atoms with Gasteiger partial charge in [0.25, 0.3) is 0 Å². The summed E-state index contributed by atoms with van der Waals surface area (Å²) in [7, 11) is 1.60. The van der Waals surface area contributed by atoms with Gasteiger partial charge in [0, 0.05) is 18.0 Å². The van der Waals surface area contributed by atoms with E-state index in [1.165, 1.54) is 4.88 Å². The zero-order valence-corrected chi connectivity index (χ0v) is 11.8. The number of rotatable bonds is 7. The molecule has 4 nitrogen and oxygen atoms in total. The Morgan fingerprint density at radius 1 is 1.47 bits per heavy atom. The molecule has 0 aromatic carbocycles. The first-order valence-electron chi connectivity index (χ1n) is 5.89. The Kier molecular flexibility index (Phi) is 6.05. The van der Waals surface area contributed by atoms with Gasteiger partial charge in [-0.05, 0) is 33.7 Å².